The second kappa shape index (κ2) is 6.76. The molecule has 0 spiro atoms. The van der Waals surface area contributed by atoms with Crippen molar-refractivity contribution in [2.45, 2.75) is 19.0 Å². The summed E-state index contributed by atoms with van der Waals surface area (Å²) in [4.78, 5) is 25.7. The van der Waals surface area contributed by atoms with Crippen molar-refractivity contribution in [3.05, 3.63) is 48.3 Å². The van der Waals surface area contributed by atoms with Crippen molar-refractivity contribution in [3.8, 4) is 0 Å². The Morgan fingerprint density at radius 1 is 1.32 bits per heavy atom. The van der Waals surface area contributed by atoms with Gasteiger partial charge in [-0.1, -0.05) is 18.2 Å². The van der Waals surface area contributed by atoms with E-state index < -0.39 is 12.0 Å². The molecule has 1 aromatic carbocycles. The van der Waals surface area contributed by atoms with Gasteiger partial charge in [-0.2, -0.15) is 10.2 Å². The van der Waals surface area contributed by atoms with Crippen LogP contribution < -0.4 is 5.01 Å². The Kier molecular flexibility index (Phi) is 4.51. The zero-order valence-electron chi connectivity index (χ0n) is 14.0. The third-order valence-corrected chi connectivity index (χ3v) is 3.99. The summed E-state index contributed by atoms with van der Waals surface area (Å²) >= 11 is 0. The summed E-state index contributed by atoms with van der Waals surface area (Å²) in [5.74, 6) is -1.29. The quantitative estimate of drug-likeness (QED) is 0.879. The molecule has 8 nitrogen and oxygen atoms in total. The van der Waals surface area contributed by atoms with Gasteiger partial charge in [0.1, 0.15) is 5.71 Å². The molecule has 0 fully saturated rings. The highest BCUT2D eigenvalue weighted by atomic mass is 16.4. The molecule has 0 radical (unpaired) electrons. The summed E-state index contributed by atoms with van der Waals surface area (Å²) in [6, 6.07) is 8.11. The second-order valence-corrected chi connectivity index (χ2v) is 5.97. The molecule has 8 heteroatoms. The first-order chi connectivity index (χ1) is 12.0. The number of aliphatic carboxylic acids is 1. The number of benzene rings is 1. The van der Waals surface area contributed by atoms with Crippen molar-refractivity contribution in [1.29, 1.82) is 0 Å². The number of carbonyl (C=O) groups is 2. The zero-order valence-corrected chi connectivity index (χ0v) is 14.0. The summed E-state index contributed by atoms with van der Waals surface area (Å²) in [7, 11) is 3.47. The number of para-hydroxylation sites is 1. The van der Waals surface area contributed by atoms with Crippen LogP contribution in [-0.4, -0.2) is 50.5 Å². The van der Waals surface area contributed by atoms with Gasteiger partial charge in [0.05, 0.1) is 11.9 Å². The summed E-state index contributed by atoms with van der Waals surface area (Å²) in [5, 5.41) is 19.2. The molecule has 25 heavy (non-hydrogen) atoms. The van der Waals surface area contributed by atoms with E-state index in [1.54, 1.807) is 42.2 Å². The Labute approximate surface area is 145 Å². The molecule has 1 aromatic heterocycles. The van der Waals surface area contributed by atoms with Gasteiger partial charge in [-0.05, 0) is 12.1 Å². The second-order valence-electron chi connectivity index (χ2n) is 5.97. The lowest BCUT2D eigenvalue weighted by Gasteiger charge is -2.19. The smallest absolute Gasteiger partial charge is 0.328 e. The van der Waals surface area contributed by atoms with Crippen molar-refractivity contribution < 1.29 is 14.7 Å². The molecule has 1 aliphatic rings. The Balaban J connectivity index is 1.78. The van der Waals surface area contributed by atoms with Crippen LogP contribution in [0.3, 0.4) is 0 Å². The van der Waals surface area contributed by atoms with Crippen LogP contribution in [0.5, 0.6) is 0 Å². The highest BCUT2D eigenvalue weighted by Crippen LogP contribution is 2.25. The number of carboxylic acid groups (broad SMARTS) is 1. The normalized spacial score (nSPS) is 16.6. The van der Waals surface area contributed by atoms with Crippen LogP contribution in [0, 0.1) is 0 Å². The minimum absolute atomic E-state index is 0.0699. The molecule has 130 valence electrons. The molecule has 2 heterocycles. The molecule has 1 atom stereocenters. The number of rotatable bonds is 5. The average Bonchev–Trinajstić information content (AvgIpc) is 3.21. The number of amides is 1. The molecule has 3 rings (SSSR count). The van der Waals surface area contributed by atoms with Gasteiger partial charge >= 0.3 is 5.97 Å². The van der Waals surface area contributed by atoms with E-state index in [2.05, 4.69) is 10.2 Å². The minimum Gasteiger partial charge on any atom is -0.480 e. The first-order valence-electron chi connectivity index (χ1n) is 7.83. The number of aryl methyl sites for hydroxylation is 1. The van der Waals surface area contributed by atoms with Crippen LogP contribution >= 0.6 is 0 Å². The van der Waals surface area contributed by atoms with Gasteiger partial charge in [0.2, 0.25) is 0 Å². The fourth-order valence-corrected chi connectivity index (χ4v) is 2.77. The molecule has 1 unspecified atom stereocenters. The SMILES string of the molecule is CN(Cc1cnn(C)c1)C(=O)C1=NN(c2ccccc2)C(C(=O)O)C1. The van der Waals surface area contributed by atoms with Crippen LogP contribution in [-0.2, 0) is 23.2 Å². The van der Waals surface area contributed by atoms with Crippen LogP contribution in [0.15, 0.2) is 47.8 Å². The number of aromatic nitrogens is 2. The van der Waals surface area contributed by atoms with Crippen molar-refractivity contribution in [1.82, 2.24) is 14.7 Å². The summed E-state index contributed by atoms with van der Waals surface area (Å²) in [5.41, 5.74) is 1.78. The predicted molar refractivity (Wildman–Crippen MR) is 92.1 cm³/mol. The summed E-state index contributed by atoms with van der Waals surface area (Å²) in [6.45, 7) is 0.384. The number of nitrogens with zero attached hydrogens (tertiary/aromatic N) is 5. The van der Waals surface area contributed by atoms with Gasteiger partial charge in [-0.15, -0.1) is 0 Å². The summed E-state index contributed by atoms with van der Waals surface area (Å²) < 4.78 is 1.67. The maximum atomic E-state index is 12.6. The van der Waals surface area contributed by atoms with Crippen LogP contribution in [0.25, 0.3) is 0 Å². The van der Waals surface area contributed by atoms with E-state index in [1.807, 2.05) is 19.3 Å². The molecular formula is C17H19N5O3. The van der Waals surface area contributed by atoms with E-state index in [4.69, 9.17) is 0 Å². The monoisotopic (exact) mass is 341 g/mol. The standard InChI is InChI=1S/C17H19N5O3/c1-20(10-12-9-18-21(2)11-12)16(23)14-8-15(17(24)25)22(19-14)13-6-4-3-5-7-13/h3-7,9,11,15H,8,10H2,1-2H3,(H,24,25). The maximum absolute atomic E-state index is 12.6. The number of hydrogen-bond acceptors (Lipinski definition) is 5. The summed E-state index contributed by atoms with van der Waals surface area (Å²) in [6.07, 6.45) is 3.59. The fourth-order valence-electron chi connectivity index (χ4n) is 2.77. The molecule has 0 saturated heterocycles. The Bertz CT molecular complexity index is 815. The van der Waals surface area contributed by atoms with E-state index in [1.165, 1.54) is 9.91 Å². The first kappa shape index (κ1) is 16.7. The first-order valence-corrected chi connectivity index (χ1v) is 7.83. The van der Waals surface area contributed by atoms with Gasteiger partial charge in [-0.3, -0.25) is 14.5 Å². The third kappa shape index (κ3) is 3.52. The zero-order chi connectivity index (χ0) is 18.0. The van der Waals surface area contributed by atoms with E-state index in [0.29, 0.717) is 12.2 Å². The lowest BCUT2D eigenvalue weighted by atomic mass is 10.1. The van der Waals surface area contributed by atoms with Gasteiger partial charge in [0.25, 0.3) is 5.91 Å². The third-order valence-electron chi connectivity index (χ3n) is 3.99. The van der Waals surface area contributed by atoms with E-state index in [9.17, 15) is 14.7 Å². The minimum atomic E-state index is -1.01. The predicted octanol–water partition coefficient (Wildman–Crippen LogP) is 1.10. The maximum Gasteiger partial charge on any atom is 0.328 e. The number of carbonyl (C=O) groups excluding carboxylic acids is 1. The lowest BCUT2D eigenvalue weighted by Crippen LogP contribution is -2.35. The molecule has 0 aliphatic carbocycles. The van der Waals surface area contributed by atoms with Crippen molar-refractivity contribution >= 4 is 23.3 Å². The molecule has 0 bridgehead atoms. The Morgan fingerprint density at radius 3 is 2.64 bits per heavy atom. The largest absolute Gasteiger partial charge is 0.480 e. The van der Waals surface area contributed by atoms with Crippen molar-refractivity contribution in [2.75, 3.05) is 12.1 Å². The molecule has 2 aromatic rings. The van der Waals surface area contributed by atoms with Gasteiger partial charge < -0.3 is 10.0 Å². The van der Waals surface area contributed by atoms with Gasteiger partial charge in [0.15, 0.2) is 6.04 Å². The number of hydrogen-bond donors (Lipinski definition) is 1. The Morgan fingerprint density at radius 2 is 2.04 bits per heavy atom. The average molecular weight is 341 g/mol. The molecule has 1 aliphatic heterocycles. The van der Waals surface area contributed by atoms with Gasteiger partial charge in [0, 0.05) is 38.8 Å². The number of hydrazone groups is 1. The number of carboxylic acids is 1. The van der Waals surface area contributed by atoms with Crippen LogP contribution in [0.4, 0.5) is 5.69 Å². The van der Waals surface area contributed by atoms with Crippen LogP contribution in [0.2, 0.25) is 0 Å². The highest BCUT2D eigenvalue weighted by Gasteiger charge is 2.37. The molecular weight excluding hydrogens is 322 g/mol. The van der Waals surface area contributed by atoms with Crippen molar-refractivity contribution in [3.63, 3.8) is 0 Å². The Hall–Kier alpha value is -3.16. The van der Waals surface area contributed by atoms with E-state index in [-0.39, 0.29) is 18.0 Å². The van der Waals surface area contributed by atoms with E-state index >= 15 is 0 Å². The van der Waals surface area contributed by atoms with Gasteiger partial charge in [-0.25, -0.2) is 4.79 Å². The van der Waals surface area contributed by atoms with E-state index in [0.717, 1.165) is 5.56 Å². The van der Waals surface area contributed by atoms with Crippen molar-refractivity contribution in [2.24, 2.45) is 12.1 Å². The molecule has 1 amide bonds. The lowest BCUT2D eigenvalue weighted by molar-refractivity contribution is -0.138. The number of anilines is 1. The molecule has 0 saturated carbocycles. The fraction of sp³-hybridized carbons (Fsp3) is 0.294. The topological polar surface area (TPSA) is 91.0 Å². The highest BCUT2D eigenvalue weighted by molar-refractivity contribution is 6.40. The van der Waals surface area contributed by atoms with Crippen LogP contribution in [0.1, 0.15) is 12.0 Å². The molecule has 1 N–H and O–H groups in total.